The smallest absolute Gasteiger partial charge is 0.333 e. The van der Waals surface area contributed by atoms with Gasteiger partial charge in [0.05, 0.1) is 7.11 Å². The zero-order valence-corrected chi connectivity index (χ0v) is 11.8. The Hall–Kier alpha value is -1.42. The molecule has 18 heavy (non-hydrogen) atoms. The van der Waals surface area contributed by atoms with Crippen LogP contribution in [0.3, 0.4) is 0 Å². The Labute approximate surface area is 113 Å². The highest BCUT2D eigenvalue weighted by Gasteiger charge is 2.06. The Morgan fingerprint density at radius 3 is 2.78 bits per heavy atom. The van der Waals surface area contributed by atoms with Crippen LogP contribution in [-0.4, -0.2) is 25.9 Å². The van der Waals surface area contributed by atoms with Gasteiger partial charge in [-0.3, -0.25) is 0 Å². The summed E-state index contributed by atoms with van der Waals surface area (Å²) >= 11 is 1.70. The maximum atomic E-state index is 11.4. The molecule has 0 fully saturated rings. The zero-order valence-electron chi connectivity index (χ0n) is 11.0. The molecule has 0 aromatic heterocycles. The van der Waals surface area contributed by atoms with E-state index < -0.39 is 0 Å². The van der Waals surface area contributed by atoms with Crippen LogP contribution in [0.2, 0.25) is 0 Å². The van der Waals surface area contributed by atoms with E-state index in [1.54, 1.807) is 11.8 Å². The number of para-hydroxylation sites is 1. The number of thioether (sulfide) groups is 1. The Morgan fingerprint density at radius 1 is 1.44 bits per heavy atom. The SMILES string of the molecule is CC/C(=C/CNc1ccccc1SC)C(=O)OC. The van der Waals surface area contributed by atoms with Crippen molar-refractivity contribution in [1.29, 1.82) is 0 Å². The largest absolute Gasteiger partial charge is 0.466 e. The van der Waals surface area contributed by atoms with Crippen molar-refractivity contribution in [3.63, 3.8) is 0 Å². The van der Waals surface area contributed by atoms with Crippen molar-refractivity contribution in [1.82, 2.24) is 0 Å². The highest BCUT2D eigenvalue weighted by atomic mass is 32.2. The van der Waals surface area contributed by atoms with Gasteiger partial charge in [-0.05, 0) is 24.8 Å². The van der Waals surface area contributed by atoms with Crippen LogP contribution in [0, 0.1) is 0 Å². The van der Waals surface area contributed by atoms with E-state index in [2.05, 4.69) is 11.4 Å². The van der Waals surface area contributed by atoms with Crippen molar-refractivity contribution in [2.75, 3.05) is 25.2 Å². The van der Waals surface area contributed by atoms with Gasteiger partial charge < -0.3 is 10.1 Å². The standard InChI is InChI=1S/C14H19NO2S/c1-4-11(14(16)17-2)9-10-15-12-7-5-6-8-13(12)18-3/h5-9,15H,4,10H2,1-3H3/b11-9-. The van der Waals surface area contributed by atoms with Gasteiger partial charge in [0.2, 0.25) is 0 Å². The molecule has 0 spiro atoms. The number of methoxy groups -OCH3 is 1. The Morgan fingerprint density at radius 2 is 2.17 bits per heavy atom. The third-order valence-electron chi connectivity index (χ3n) is 2.58. The molecule has 3 nitrogen and oxygen atoms in total. The van der Waals surface area contributed by atoms with Gasteiger partial charge in [-0.15, -0.1) is 11.8 Å². The number of benzene rings is 1. The number of esters is 1. The van der Waals surface area contributed by atoms with Crippen molar-refractivity contribution >= 4 is 23.4 Å². The number of anilines is 1. The van der Waals surface area contributed by atoms with E-state index in [4.69, 9.17) is 4.74 Å². The lowest BCUT2D eigenvalue weighted by molar-refractivity contribution is -0.136. The summed E-state index contributed by atoms with van der Waals surface area (Å²) in [5.74, 6) is -0.252. The Bertz CT molecular complexity index is 430. The fourth-order valence-electron chi connectivity index (χ4n) is 1.58. The van der Waals surface area contributed by atoms with Crippen LogP contribution in [0.15, 0.2) is 40.8 Å². The molecule has 0 aliphatic rings. The third kappa shape index (κ3) is 4.11. The second-order valence-electron chi connectivity index (χ2n) is 3.66. The van der Waals surface area contributed by atoms with Crippen molar-refractivity contribution < 1.29 is 9.53 Å². The maximum absolute atomic E-state index is 11.4. The number of hydrogen-bond donors (Lipinski definition) is 1. The molecule has 0 unspecified atom stereocenters. The highest BCUT2D eigenvalue weighted by molar-refractivity contribution is 7.98. The molecule has 4 heteroatoms. The van der Waals surface area contributed by atoms with Gasteiger partial charge in [0.1, 0.15) is 0 Å². The molecule has 0 aliphatic carbocycles. The molecule has 0 bridgehead atoms. The molecule has 0 saturated heterocycles. The molecule has 0 heterocycles. The fourth-order valence-corrected chi connectivity index (χ4v) is 2.15. The van der Waals surface area contributed by atoms with Gasteiger partial charge in [0.15, 0.2) is 0 Å². The normalized spacial score (nSPS) is 11.2. The van der Waals surface area contributed by atoms with E-state index in [9.17, 15) is 4.79 Å². The predicted molar refractivity (Wildman–Crippen MR) is 77.1 cm³/mol. The first kappa shape index (κ1) is 14.6. The van der Waals surface area contributed by atoms with Crippen molar-refractivity contribution in [3.8, 4) is 0 Å². The van der Waals surface area contributed by atoms with Gasteiger partial charge in [-0.2, -0.15) is 0 Å². The summed E-state index contributed by atoms with van der Waals surface area (Å²) in [6.07, 6.45) is 4.60. The van der Waals surface area contributed by atoms with Gasteiger partial charge in [0, 0.05) is 22.7 Å². The van der Waals surface area contributed by atoms with E-state index >= 15 is 0 Å². The molecule has 0 amide bonds. The lowest BCUT2D eigenvalue weighted by Gasteiger charge is -2.09. The lowest BCUT2D eigenvalue weighted by Crippen LogP contribution is -2.07. The first-order valence-electron chi connectivity index (χ1n) is 5.87. The van der Waals surface area contributed by atoms with Gasteiger partial charge in [-0.1, -0.05) is 25.1 Å². The van der Waals surface area contributed by atoms with E-state index in [-0.39, 0.29) is 5.97 Å². The van der Waals surface area contributed by atoms with Crippen LogP contribution in [0.1, 0.15) is 13.3 Å². The molecule has 98 valence electrons. The minimum absolute atomic E-state index is 0.252. The first-order valence-corrected chi connectivity index (χ1v) is 7.09. The number of carbonyl (C=O) groups is 1. The van der Waals surface area contributed by atoms with E-state index in [1.807, 2.05) is 37.5 Å². The molecule has 1 aromatic carbocycles. The van der Waals surface area contributed by atoms with Crippen LogP contribution in [0.4, 0.5) is 5.69 Å². The van der Waals surface area contributed by atoms with Crippen molar-refractivity contribution in [3.05, 3.63) is 35.9 Å². The minimum Gasteiger partial charge on any atom is -0.466 e. The molecule has 0 radical (unpaired) electrons. The predicted octanol–water partition coefficient (Wildman–Crippen LogP) is 3.33. The Balaban J connectivity index is 2.64. The summed E-state index contributed by atoms with van der Waals surface area (Å²) in [5.41, 5.74) is 1.79. The molecule has 0 aliphatic heterocycles. The van der Waals surface area contributed by atoms with Crippen molar-refractivity contribution in [2.45, 2.75) is 18.2 Å². The average Bonchev–Trinajstić information content (AvgIpc) is 2.43. The van der Waals surface area contributed by atoms with E-state index in [0.717, 1.165) is 5.69 Å². The summed E-state index contributed by atoms with van der Waals surface area (Å²) in [6, 6.07) is 8.10. The Kier molecular flexibility index (Phi) is 6.36. The molecular weight excluding hydrogens is 246 g/mol. The molecule has 0 saturated carbocycles. The van der Waals surface area contributed by atoms with Crippen molar-refractivity contribution in [2.24, 2.45) is 0 Å². The summed E-state index contributed by atoms with van der Waals surface area (Å²) in [6.45, 7) is 2.56. The molecule has 0 atom stereocenters. The highest BCUT2D eigenvalue weighted by Crippen LogP contribution is 2.24. The molecule has 1 rings (SSSR count). The molecule has 1 aromatic rings. The monoisotopic (exact) mass is 265 g/mol. The van der Waals surface area contributed by atoms with Crippen LogP contribution in [-0.2, 0) is 9.53 Å². The number of carbonyl (C=O) groups excluding carboxylic acids is 1. The number of ether oxygens (including phenoxy) is 1. The summed E-state index contributed by atoms with van der Waals surface area (Å²) in [7, 11) is 1.41. The van der Waals surface area contributed by atoms with Crippen LogP contribution in [0.25, 0.3) is 0 Å². The third-order valence-corrected chi connectivity index (χ3v) is 3.37. The molecular formula is C14H19NO2S. The van der Waals surface area contributed by atoms with Gasteiger partial charge in [-0.25, -0.2) is 4.79 Å². The zero-order chi connectivity index (χ0) is 13.4. The summed E-state index contributed by atoms with van der Waals surface area (Å²) in [5, 5.41) is 3.30. The second kappa shape index (κ2) is 7.82. The fraction of sp³-hybridized carbons (Fsp3) is 0.357. The lowest BCUT2D eigenvalue weighted by atomic mass is 10.2. The summed E-state index contributed by atoms with van der Waals surface area (Å²) in [4.78, 5) is 12.6. The number of nitrogens with one attached hydrogen (secondary N) is 1. The van der Waals surface area contributed by atoms with E-state index in [1.165, 1.54) is 12.0 Å². The average molecular weight is 265 g/mol. The van der Waals surface area contributed by atoms with Crippen LogP contribution < -0.4 is 5.32 Å². The van der Waals surface area contributed by atoms with Crippen LogP contribution >= 0.6 is 11.8 Å². The maximum Gasteiger partial charge on any atom is 0.333 e. The quantitative estimate of drug-likeness (QED) is 0.486. The molecule has 1 N–H and O–H groups in total. The van der Waals surface area contributed by atoms with Gasteiger partial charge >= 0.3 is 5.97 Å². The first-order chi connectivity index (χ1) is 8.72. The second-order valence-corrected chi connectivity index (χ2v) is 4.50. The summed E-state index contributed by atoms with van der Waals surface area (Å²) < 4.78 is 4.71. The minimum atomic E-state index is -0.252. The number of rotatable bonds is 6. The number of hydrogen-bond acceptors (Lipinski definition) is 4. The topological polar surface area (TPSA) is 38.3 Å². The van der Waals surface area contributed by atoms with E-state index in [0.29, 0.717) is 18.5 Å². The van der Waals surface area contributed by atoms with Crippen LogP contribution in [0.5, 0.6) is 0 Å². The van der Waals surface area contributed by atoms with Gasteiger partial charge in [0.25, 0.3) is 0 Å².